The molecule has 2 atom stereocenters. The first-order chi connectivity index (χ1) is 31.4. The Morgan fingerprint density at radius 1 is 0.422 bits per heavy atom. The van der Waals surface area contributed by atoms with Crippen LogP contribution in [0.4, 0.5) is 0 Å². The van der Waals surface area contributed by atoms with Gasteiger partial charge in [0, 0.05) is 75.1 Å². The molecule has 0 aliphatic rings. The van der Waals surface area contributed by atoms with Crippen molar-refractivity contribution in [1.29, 1.82) is 0 Å². The van der Waals surface area contributed by atoms with E-state index >= 15 is 0 Å². The first-order valence-electron chi connectivity index (χ1n) is 25.2. The number of hydrogen-bond donors (Lipinski definition) is 0. The number of nitrogens with zero attached hydrogens (tertiary/aromatic N) is 2. The number of hydrogen-bond acceptors (Lipinski definition) is 12. The maximum absolute atomic E-state index is 6.05. The van der Waals surface area contributed by atoms with Crippen LogP contribution >= 0.6 is 44.3 Å². The number of benzene rings is 2. The number of thiazole rings is 2. The Balaban J connectivity index is 1.19. The minimum atomic E-state index is -2.51. The average molecular weight is 994 g/mol. The number of rotatable bonds is 41. The fraction of sp³-hybridized carbons (Fsp3) is 0.720. The number of unbranched alkanes of at least 4 members (excludes halogenated alkanes) is 14. The summed E-state index contributed by atoms with van der Waals surface area (Å²) in [5.74, 6) is 3.20. The standard InChI is InChI=1S/C50H84N2O6S4Si2/c1-7-53-63(54-8-2,55-9-3)39-31-23-19-15-13-17-21-25-33-43(49-51-45-35-27-29-37-47(45)61-49)41-59-60-42-44(50-52-46-36-28-30-38-48(46)62-50)34-26-22-18-14-16-20-24-32-40-64(56-10-4,57-11-5)58-12-6/h27-30,35-38,43-44H,7-26,31-34,39-42H2,1-6H3. The molecule has 4 aromatic rings. The molecule has 2 aromatic heterocycles. The molecule has 0 saturated heterocycles. The fourth-order valence-electron chi connectivity index (χ4n) is 8.53. The average Bonchev–Trinajstić information content (AvgIpc) is 3.93. The molecule has 0 N–H and O–H groups in total. The Hall–Kier alpha value is -0.886. The van der Waals surface area contributed by atoms with E-state index in [4.69, 9.17) is 36.5 Å². The first kappa shape index (κ1) is 55.7. The van der Waals surface area contributed by atoms with E-state index in [-0.39, 0.29) is 0 Å². The number of para-hydroxylation sites is 2. The molecule has 0 fully saturated rings. The van der Waals surface area contributed by atoms with Gasteiger partial charge in [-0.3, -0.25) is 0 Å². The molecule has 0 aliphatic carbocycles. The van der Waals surface area contributed by atoms with E-state index in [1.165, 1.54) is 122 Å². The second kappa shape index (κ2) is 33.6. The quantitative estimate of drug-likeness (QED) is 0.0244. The molecule has 64 heavy (non-hydrogen) atoms. The van der Waals surface area contributed by atoms with Gasteiger partial charge in [0.1, 0.15) is 0 Å². The van der Waals surface area contributed by atoms with Gasteiger partial charge in [-0.05, 0) is 91.5 Å². The third kappa shape index (κ3) is 20.4. The maximum atomic E-state index is 6.05. The van der Waals surface area contributed by atoms with Gasteiger partial charge < -0.3 is 26.6 Å². The lowest BCUT2D eigenvalue weighted by Crippen LogP contribution is -2.45. The molecule has 2 aromatic carbocycles. The Labute approximate surface area is 407 Å². The second-order valence-corrected chi connectivity index (χ2v) is 26.8. The minimum absolute atomic E-state index is 0.491. The summed E-state index contributed by atoms with van der Waals surface area (Å²) in [5.41, 5.74) is 2.30. The van der Waals surface area contributed by atoms with Crippen molar-refractivity contribution in [1.82, 2.24) is 9.97 Å². The third-order valence-corrected chi connectivity index (χ3v) is 23.0. The Morgan fingerprint density at radius 2 is 0.719 bits per heavy atom. The van der Waals surface area contributed by atoms with Crippen molar-refractivity contribution in [3.05, 3.63) is 58.5 Å². The van der Waals surface area contributed by atoms with Gasteiger partial charge in [0.2, 0.25) is 0 Å². The summed E-state index contributed by atoms with van der Waals surface area (Å²) >= 11 is 3.82. The summed E-state index contributed by atoms with van der Waals surface area (Å²) < 4.78 is 38.9. The molecular formula is C50H84N2O6S4Si2. The summed E-state index contributed by atoms with van der Waals surface area (Å²) in [7, 11) is -0.888. The smallest absolute Gasteiger partial charge is 0.374 e. The van der Waals surface area contributed by atoms with Crippen LogP contribution in [0.2, 0.25) is 12.1 Å². The molecule has 4 rings (SSSR count). The topological polar surface area (TPSA) is 81.2 Å². The van der Waals surface area contributed by atoms with Gasteiger partial charge in [-0.1, -0.05) is 136 Å². The molecule has 0 spiro atoms. The predicted molar refractivity (Wildman–Crippen MR) is 284 cm³/mol. The van der Waals surface area contributed by atoms with E-state index in [1.54, 1.807) is 0 Å². The van der Waals surface area contributed by atoms with Gasteiger partial charge in [0.25, 0.3) is 0 Å². The van der Waals surface area contributed by atoms with Crippen LogP contribution in [0.15, 0.2) is 48.5 Å². The molecule has 0 amide bonds. The van der Waals surface area contributed by atoms with Crippen LogP contribution in [0.25, 0.3) is 20.4 Å². The van der Waals surface area contributed by atoms with Crippen molar-refractivity contribution in [2.24, 2.45) is 0 Å². The SMILES string of the molecule is CCO[Si](CCCCCCCCCCC(CSSCC(CCCCCCCCCC[Si](OCC)(OCC)OCC)c1nc2ccccc2s1)c1nc2ccccc2s1)(OCC)OCC. The van der Waals surface area contributed by atoms with Gasteiger partial charge in [0.05, 0.1) is 30.4 Å². The van der Waals surface area contributed by atoms with E-state index in [1.807, 2.05) is 64.2 Å². The van der Waals surface area contributed by atoms with E-state index < -0.39 is 17.6 Å². The Bertz CT molecular complexity index is 1540. The summed E-state index contributed by atoms with van der Waals surface area (Å²) in [4.78, 5) is 10.3. The molecule has 2 heterocycles. The first-order valence-corrected chi connectivity index (χ1v) is 33.2. The van der Waals surface area contributed by atoms with Crippen molar-refractivity contribution >= 4 is 82.3 Å². The van der Waals surface area contributed by atoms with Crippen LogP contribution in [0.5, 0.6) is 0 Å². The predicted octanol–water partition coefficient (Wildman–Crippen LogP) is 16.3. The molecule has 0 bridgehead atoms. The van der Waals surface area contributed by atoms with Crippen molar-refractivity contribution in [3.8, 4) is 0 Å². The minimum Gasteiger partial charge on any atom is -0.374 e. The number of fused-ring (bicyclic) bond motifs is 2. The Morgan fingerprint density at radius 3 is 1.03 bits per heavy atom. The molecule has 2 unspecified atom stereocenters. The highest BCUT2D eigenvalue weighted by atomic mass is 33.1. The van der Waals surface area contributed by atoms with Gasteiger partial charge in [-0.2, -0.15) is 0 Å². The summed E-state index contributed by atoms with van der Waals surface area (Å²) in [6.45, 7) is 16.2. The molecule has 362 valence electrons. The van der Waals surface area contributed by atoms with E-state index in [0.29, 0.717) is 51.5 Å². The zero-order chi connectivity index (χ0) is 45.6. The van der Waals surface area contributed by atoms with E-state index in [9.17, 15) is 0 Å². The zero-order valence-corrected chi connectivity index (χ0v) is 45.8. The number of aromatic nitrogens is 2. The fourth-order valence-corrected chi connectivity index (χ4v) is 19.1. The van der Waals surface area contributed by atoms with Crippen molar-refractivity contribution < 1.29 is 26.6 Å². The zero-order valence-electron chi connectivity index (χ0n) is 40.5. The highest BCUT2D eigenvalue weighted by Crippen LogP contribution is 2.40. The van der Waals surface area contributed by atoms with Gasteiger partial charge in [-0.15, -0.1) is 22.7 Å². The van der Waals surface area contributed by atoms with Crippen molar-refractivity contribution in [3.63, 3.8) is 0 Å². The van der Waals surface area contributed by atoms with Crippen LogP contribution in [-0.4, -0.2) is 78.7 Å². The second-order valence-electron chi connectivity index (χ2n) is 16.7. The highest BCUT2D eigenvalue weighted by Gasteiger charge is 2.40. The molecule has 0 saturated carbocycles. The van der Waals surface area contributed by atoms with Gasteiger partial charge in [-0.25, -0.2) is 9.97 Å². The molecule has 0 radical (unpaired) electrons. The molecular weight excluding hydrogens is 909 g/mol. The Kier molecular flexibility index (Phi) is 29.2. The van der Waals surface area contributed by atoms with Crippen LogP contribution in [0.1, 0.15) is 179 Å². The monoisotopic (exact) mass is 992 g/mol. The third-order valence-electron chi connectivity index (χ3n) is 11.7. The van der Waals surface area contributed by atoms with E-state index in [0.717, 1.165) is 47.5 Å². The van der Waals surface area contributed by atoms with E-state index in [2.05, 4.69) is 70.1 Å². The van der Waals surface area contributed by atoms with Crippen LogP contribution in [0.3, 0.4) is 0 Å². The lowest BCUT2D eigenvalue weighted by Gasteiger charge is -2.28. The van der Waals surface area contributed by atoms with Crippen molar-refractivity contribution in [2.75, 3.05) is 51.1 Å². The van der Waals surface area contributed by atoms with Gasteiger partial charge in [0.15, 0.2) is 0 Å². The lowest BCUT2D eigenvalue weighted by atomic mass is 10.0. The summed E-state index contributed by atoms with van der Waals surface area (Å²) in [5, 5.41) is 2.64. The normalized spacial score (nSPS) is 13.4. The van der Waals surface area contributed by atoms with Crippen LogP contribution < -0.4 is 0 Å². The van der Waals surface area contributed by atoms with Crippen molar-refractivity contribution in [2.45, 2.75) is 181 Å². The molecule has 8 nitrogen and oxygen atoms in total. The summed E-state index contributed by atoms with van der Waals surface area (Å²) in [6.07, 6.45) is 22.7. The molecule has 0 aliphatic heterocycles. The molecule has 14 heteroatoms. The van der Waals surface area contributed by atoms with Crippen LogP contribution in [0, 0.1) is 0 Å². The largest absolute Gasteiger partial charge is 0.500 e. The summed E-state index contributed by atoms with van der Waals surface area (Å²) in [6, 6.07) is 19.2. The lowest BCUT2D eigenvalue weighted by molar-refractivity contribution is 0.0698. The highest BCUT2D eigenvalue weighted by molar-refractivity contribution is 8.76. The van der Waals surface area contributed by atoms with Crippen LogP contribution in [-0.2, 0) is 26.6 Å². The maximum Gasteiger partial charge on any atom is 0.500 e. The van der Waals surface area contributed by atoms with Gasteiger partial charge >= 0.3 is 17.6 Å².